The molecule has 1 heterocycles. The van der Waals surface area contributed by atoms with Crippen LogP contribution in [-0.4, -0.2) is 10.1 Å². The fourth-order valence-corrected chi connectivity index (χ4v) is 2.28. The summed E-state index contributed by atoms with van der Waals surface area (Å²) in [5.74, 6) is 1.84. The van der Waals surface area contributed by atoms with Gasteiger partial charge in [0.25, 0.3) is 0 Å². The van der Waals surface area contributed by atoms with E-state index in [1.807, 2.05) is 0 Å². The molecule has 110 valence electrons. The van der Waals surface area contributed by atoms with Gasteiger partial charge in [0.2, 0.25) is 5.89 Å². The molecule has 0 aliphatic heterocycles. The Morgan fingerprint density at radius 1 is 1.16 bits per heavy atom. The molecule has 4 nitrogen and oxygen atoms in total. The smallest absolute Gasteiger partial charge is 0.226 e. The molecule has 0 saturated carbocycles. The normalized spacial score (nSPS) is 16.4. The van der Waals surface area contributed by atoms with E-state index in [4.69, 9.17) is 10.3 Å². The van der Waals surface area contributed by atoms with Gasteiger partial charge in [-0.05, 0) is 23.2 Å². The van der Waals surface area contributed by atoms with Crippen LogP contribution in [0.25, 0.3) is 0 Å². The summed E-state index contributed by atoms with van der Waals surface area (Å²) in [6.45, 7) is 15.2. The third-order valence-corrected chi connectivity index (χ3v) is 3.18. The van der Waals surface area contributed by atoms with Gasteiger partial charge in [-0.2, -0.15) is 4.98 Å². The summed E-state index contributed by atoms with van der Waals surface area (Å²) in [4.78, 5) is 4.44. The molecule has 2 unspecified atom stereocenters. The second-order valence-electron chi connectivity index (χ2n) is 7.96. The number of nitrogens with zero attached hydrogens (tertiary/aromatic N) is 2. The van der Waals surface area contributed by atoms with E-state index >= 15 is 0 Å². The molecule has 0 bridgehead atoms. The molecule has 1 aromatic rings. The van der Waals surface area contributed by atoms with Crippen molar-refractivity contribution in [3.05, 3.63) is 11.7 Å². The van der Waals surface area contributed by atoms with E-state index in [0.29, 0.717) is 23.0 Å². The van der Waals surface area contributed by atoms with E-state index in [0.717, 1.165) is 12.8 Å². The third-order valence-electron chi connectivity index (χ3n) is 3.18. The van der Waals surface area contributed by atoms with Crippen molar-refractivity contribution in [2.75, 3.05) is 0 Å². The zero-order valence-corrected chi connectivity index (χ0v) is 13.4. The Morgan fingerprint density at radius 3 is 2.21 bits per heavy atom. The van der Waals surface area contributed by atoms with E-state index < -0.39 is 0 Å². The average Bonchev–Trinajstić information content (AvgIpc) is 2.60. The van der Waals surface area contributed by atoms with Crippen molar-refractivity contribution in [2.45, 2.75) is 67.3 Å². The minimum Gasteiger partial charge on any atom is -0.339 e. The van der Waals surface area contributed by atoms with Gasteiger partial charge < -0.3 is 10.3 Å². The molecule has 0 fully saturated rings. The van der Waals surface area contributed by atoms with E-state index in [1.54, 1.807) is 0 Å². The maximum absolute atomic E-state index is 6.13. The van der Waals surface area contributed by atoms with Gasteiger partial charge in [-0.3, -0.25) is 0 Å². The number of rotatable bonds is 4. The van der Waals surface area contributed by atoms with Crippen molar-refractivity contribution in [2.24, 2.45) is 22.5 Å². The molecule has 4 heteroatoms. The minimum atomic E-state index is -0.192. The van der Waals surface area contributed by atoms with Gasteiger partial charge in [0.05, 0.1) is 6.04 Å². The molecule has 0 aliphatic rings. The zero-order chi connectivity index (χ0) is 14.8. The predicted octanol–water partition coefficient (Wildman–Crippen LogP) is 3.73. The fourth-order valence-electron chi connectivity index (χ4n) is 2.28. The highest BCUT2D eigenvalue weighted by molar-refractivity contribution is 4.98. The topological polar surface area (TPSA) is 64.9 Å². The van der Waals surface area contributed by atoms with Gasteiger partial charge in [-0.25, -0.2) is 0 Å². The Morgan fingerprint density at radius 2 is 1.74 bits per heavy atom. The SMILES string of the molecule is CC(Cc1nc(C(N)C(C)(C)C)no1)CC(C)(C)C. The maximum atomic E-state index is 6.13. The number of nitrogens with two attached hydrogens (primary N) is 1. The highest BCUT2D eigenvalue weighted by Crippen LogP contribution is 2.29. The van der Waals surface area contributed by atoms with Gasteiger partial charge in [-0.1, -0.05) is 53.6 Å². The highest BCUT2D eigenvalue weighted by atomic mass is 16.5. The largest absolute Gasteiger partial charge is 0.339 e. The molecule has 0 radical (unpaired) electrons. The van der Waals surface area contributed by atoms with E-state index in [-0.39, 0.29) is 11.5 Å². The summed E-state index contributed by atoms with van der Waals surface area (Å²) in [6, 6.07) is -0.192. The second kappa shape index (κ2) is 5.61. The van der Waals surface area contributed by atoms with Crippen LogP contribution in [-0.2, 0) is 6.42 Å². The summed E-state index contributed by atoms with van der Waals surface area (Å²) in [6.07, 6.45) is 1.96. The first-order valence-corrected chi connectivity index (χ1v) is 7.07. The van der Waals surface area contributed by atoms with Gasteiger partial charge in [0.1, 0.15) is 0 Å². The van der Waals surface area contributed by atoms with Gasteiger partial charge in [-0.15, -0.1) is 0 Å². The standard InChI is InChI=1S/C15H29N3O/c1-10(9-14(2,3)4)8-11-17-13(18-19-11)12(16)15(5,6)7/h10,12H,8-9,16H2,1-7H3. The second-order valence-corrected chi connectivity index (χ2v) is 7.96. The van der Waals surface area contributed by atoms with E-state index in [1.165, 1.54) is 0 Å². The zero-order valence-electron chi connectivity index (χ0n) is 13.4. The van der Waals surface area contributed by atoms with Crippen LogP contribution in [0.3, 0.4) is 0 Å². The van der Waals surface area contributed by atoms with Gasteiger partial charge >= 0.3 is 0 Å². The molecule has 0 aliphatic carbocycles. The molecule has 0 spiro atoms. The molecular weight excluding hydrogens is 238 g/mol. The van der Waals surface area contributed by atoms with Crippen LogP contribution in [0.5, 0.6) is 0 Å². The summed E-state index contributed by atoms with van der Waals surface area (Å²) in [5.41, 5.74) is 6.40. The van der Waals surface area contributed by atoms with Crippen LogP contribution in [0.1, 0.15) is 72.6 Å². The molecule has 0 saturated heterocycles. The Kier molecular flexibility index (Phi) is 4.77. The number of hydrogen-bond donors (Lipinski definition) is 1. The van der Waals surface area contributed by atoms with Crippen LogP contribution < -0.4 is 5.73 Å². The van der Waals surface area contributed by atoms with E-state index in [2.05, 4.69) is 58.6 Å². The Labute approximate surface area is 117 Å². The lowest BCUT2D eigenvalue weighted by molar-refractivity contribution is 0.278. The van der Waals surface area contributed by atoms with Crippen LogP contribution in [0, 0.1) is 16.7 Å². The summed E-state index contributed by atoms with van der Waals surface area (Å²) >= 11 is 0. The third kappa shape index (κ3) is 5.31. The molecule has 1 rings (SSSR count). The van der Waals surface area contributed by atoms with Crippen molar-refractivity contribution in [1.82, 2.24) is 10.1 Å². The molecule has 2 atom stereocenters. The molecular formula is C15H29N3O. The van der Waals surface area contributed by atoms with Crippen molar-refractivity contribution in [1.29, 1.82) is 0 Å². The lowest BCUT2D eigenvalue weighted by atomic mass is 9.84. The van der Waals surface area contributed by atoms with Crippen LogP contribution in [0.2, 0.25) is 0 Å². The Balaban J connectivity index is 2.66. The Bertz CT molecular complexity index is 398. The molecule has 0 amide bonds. The van der Waals surface area contributed by atoms with Crippen molar-refractivity contribution >= 4 is 0 Å². The van der Waals surface area contributed by atoms with Crippen LogP contribution in [0.15, 0.2) is 4.52 Å². The maximum Gasteiger partial charge on any atom is 0.226 e. The molecule has 2 N–H and O–H groups in total. The summed E-state index contributed by atoms with van der Waals surface area (Å²) in [7, 11) is 0. The number of hydrogen-bond acceptors (Lipinski definition) is 4. The predicted molar refractivity (Wildman–Crippen MR) is 77.6 cm³/mol. The first-order chi connectivity index (χ1) is 8.49. The first kappa shape index (κ1) is 16.2. The molecule has 0 aromatic carbocycles. The summed E-state index contributed by atoms with van der Waals surface area (Å²) < 4.78 is 5.32. The van der Waals surface area contributed by atoms with Crippen molar-refractivity contribution < 1.29 is 4.52 Å². The lowest BCUT2D eigenvalue weighted by Gasteiger charge is -2.23. The van der Waals surface area contributed by atoms with Crippen molar-refractivity contribution in [3.8, 4) is 0 Å². The average molecular weight is 267 g/mol. The monoisotopic (exact) mass is 267 g/mol. The first-order valence-electron chi connectivity index (χ1n) is 7.07. The van der Waals surface area contributed by atoms with E-state index in [9.17, 15) is 0 Å². The highest BCUT2D eigenvalue weighted by Gasteiger charge is 2.27. The number of aromatic nitrogens is 2. The van der Waals surface area contributed by atoms with Crippen LogP contribution in [0.4, 0.5) is 0 Å². The summed E-state index contributed by atoms with van der Waals surface area (Å²) in [5, 5.41) is 4.02. The van der Waals surface area contributed by atoms with Crippen LogP contribution >= 0.6 is 0 Å². The Hall–Kier alpha value is -0.900. The van der Waals surface area contributed by atoms with Gasteiger partial charge in [0, 0.05) is 6.42 Å². The van der Waals surface area contributed by atoms with Crippen molar-refractivity contribution in [3.63, 3.8) is 0 Å². The quantitative estimate of drug-likeness (QED) is 0.902. The fraction of sp³-hybridized carbons (Fsp3) is 0.867. The van der Waals surface area contributed by atoms with Gasteiger partial charge in [0.15, 0.2) is 5.82 Å². The minimum absolute atomic E-state index is 0.0574. The lowest BCUT2D eigenvalue weighted by Crippen LogP contribution is -2.27. The molecule has 1 aromatic heterocycles. The molecule has 19 heavy (non-hydrogen) atoms.